The zero-order valence-electron chi connectivity index (χ0n) is 9.35. The van der Waals surface area contributed by atoms with Gasteiger partial charge in [0.15, 0.2) is 0 Å². The summed E-state index contributed by atoms with van der Waals surface area (Å²) >= 11 is 0. The molecule has 1 aromatic carbocycles. The minimum Gasteiger partial charge on any atom is -0.413 e. The second-order valence-corrected chi connectivity index (χ2v) is 3.91. The van der Waals surface area contributed by atoms with E-state index in [1.54, 1.807) is 0 Å². The van der Waals surface area contributed by atoms with Crippen LogP contribution in [0.5, 0.6) is 0 Å². The maximum atomic E-state index is 2.34. The van der Waals surface area contributed by atoms with E-state index in [1.165, 1.54) is 11.0 Å². The van der Waals surface area contributed by atoms with Gasteiger partial charge in [-0.25, -0.2) is 0 Å². The Morgan fingerprint density at radius 1 is 1.13 bits per heavy atom. The summed E-state index contributed by atoms with van der Waals surface area (Å²) in [6.45, 7) is 5.75. The van der Waals surface area contributed by atoms with E-state index in [9.17, 15) is 0 Å². The average molecular weight is 197 g/mol. The Balaban J connectivity index is 2.26. The van der Waals surface area contributed by atoms with Crippen LogP contribution in [0.3, 0.4) is 0 Å². The van der Waals surface area contributed by atoms with E-state index < -0.39 is 0 Å². The lowest BCUT2D eigenvalue weighted by Gasteiger charge is -2.26. The Morgan fingerprint density at radius 2 is 1.87 bits per heavy atom. The van der Waals surface area contributed by atoms with Crippen LogP contribution in [-0.2, 0) is 0 Å². The van der Waals surface area contributed by atoms with Crippen molar-refractivity contribution >= 4 is 12.3 Å². The van der Waals surface area contributed by atoms with Gasteiger partial charge in [-0.2, -0.15) is 0 Å². The zero-order valence-corrected chi connectivity index (χ0v) is 9.35. The van der Waals surface area contributed by atoms with Gasteiger partial charge in [0, 0.05) is 6.54 Å². The number of hydrogen-bond donors (Lipinski definition) is 0. The van der Waals surface area contributed by atoms with Crippen molar-refractivity contribution in [3.63, 3.8) is 0 Å². The fourth-order valence-electron chi connectivity index (χ4n) is 1.90. The highest BCUT2D eigenvalue weighted by molar-refractivity contribution is 6.75. The standard InChI is InChI=1S/C13H16BN/c1-3-15-11-5-4-10-14(15)13-8-6-12(2)7-9-13/h4-11H,3H2,1-2H3. The Bertz CT molecular complexity index is 378. The maximum Gasteiger partial charge on any atom is 0.315 e. The van der Waals surface area contributed by atoms with Gasteiger partial charge >= 0.3 is 6.85 Å². The second-order valence-electron chi connectivity index (χ2n) is 3.91. The van der Waals surface area contributed by atoms with E-state index in [2.05, 4.69) is 67.3 Å². The van der Waals surface area contributed by atoms with E-state index >= 15 is 0 Å². The van der Waals surface area contributed by atoms with Crippen LogP contribution in [0, 0.1) is 6.92 Å². The van der Waals surface area contributed by atoms with Crippen LogP contribution in [0.1, 0.15) is 12.5 Å². The summed E-state index contributed by atoms with van der Waals surface area (Å²) in [4.78, 5) is 2.34. The molecule has 0 amide bonds. The highest BCUT2D eigenvalue weighted by Gasteiger charge is 2.20. The Kier molecular flexibility index (Phi) is 2.95. The first-order valence-electron chi connectivity index (χ1n) is 5.48. The number of benzene rings is 1. The van der Waals surface area contributed by atoms with Gasteiger partial charge in [0.1, 0.15) is 0 Å². The molecule has 2 heteroatoms. The van der Waals surface area contributed by atoms with E-state index in [4.69, 9.17) is 0 Å². The lowest BCUT2D eigenvalue weighted by Crippen LogP contribution is -2.44. The molecule has 1 aliphatic rings. The van der Waals surface area contributed by atoms with Gasteiger partial charge in [0.2, 0.25) is 0 Å². The normalized spacial score (nSPS) is 14.8. The molecular formula is C13H16BN. The molecule has 76 valence electrons. The van der Waals surface area contributed by atoms with Gasteiger partial charge in [-0.1, -0.05) is 47.3 Å². The van der Waals surface area contributed by atoms with Crippen LogP contribution in [-0.4, -0.2) is 18.2 Å². The minimum atomic E-state index is 0.403. The highest BCUT2D eigenvalue weighted by atomic mass is 15.0. The molecule has 0 saturated heterocycles. The van der Waals surface area contributed by atoms with Gasteiger partial charge in [0.05, 0.1) is 0 Å². The largest absolute Gasteiger partial charge is 0.413 e. The van der Waals surface area contributed by atoms with Gasteiger partial charge < -0.3 is 4.81 Å². The number of allylic oxidation sites excluding steroid dienone is 2. The molecule has 0 aliphatic carbocycles. The molecule has 1 aromatic rings. The summed E-state index contributed by atoms with van der Waals surface area (Å²) in [5.41, 5.74) is 2.68. The molecule has 0 atom stereocenters. The molecule has 0 spiro atoms. The van der Waals surface area contributed by atoms with Crippen LogP contribution in [0.15, 0.2) is 48.6 Å². The molecule has 0 N–H and O–H groups in total. The first-order chi connectivity index (χ1) is 7.31. The van der Waals surface area contributed by atoms with E-state index in [1.807, 2.05) is 0 Å². The quantitative estimate of drug-likeness (QED) is 0.656. The van der Waals surface area contributed by atoms with Crippen molar-refractivity contribution in [2.75, 3.05) is 6.54 Å². The van der Waals surface area contributed by atoms with Crippen molar-refractivity contribution in [3.05, 3.63) is 54.2 Å². The number of rotatable bonds is 2. The smallest absolute Gasteiger partial charge is 0.315 e. The lowest BCUT2D eigenvalue weighted by atomic mass is 9.53. The van der Waals surface area contributed by atoms with Crippen molar-refractivity contribution in [2.45, 2.75) is 13.8 Å². The summed E-state index contributed by atoms with van der Waals surface area (Å²) in [5, 5.41) is 0. The van der Waals surface area contributed by atoms with Crippen molar-refractivity contribution in [1.82, 2.24) is 4.81 Å². The van der Waals surface area contributed by atoms with Crippen LogP contribution in [0.25, 0.3) is 0 Å². The zero-order chi connectivity index (χ0) is 10.7. The number of nitrogens with zero attached hydrogens (tertiary/aromatic N) is 1. The molecular weight excluding hydrogens is 181 g/mol. The molecule has 0 radical (unpaired) electrons. The lowest BCUT2D eigenvalue weighted by molar-refractivity contribution is 0.617. The van der Waals surface area contributed by atoms with Crippen LogP contribution >= 0.6 is 0 Å². The first kappa shape index (κ1) is 10.1. The molecule has 2 rings (SSSR count). The molecule has 0 unspecified atom stereocenters. The van der Waals surface area contributed by atoms with Gasteiger partial charge in [-0.3, -0.25) is 0 Å². The predicted molar refractivity (Wildman–Crippen MR) is 67.2 cm³/mol. The monoisotopic (exact) mass is 197 g/mol. The molecule has 1 heterocycles. The Labute approximate surface area is 92.2 Å². The summed E-state index contributed by atoms with van der Waals surface area (Å²) in [5.74, 6) is 2.24. The summed E-state index contributed by atoms with van der Waals surface area (Å²) in [7, 11) is 0. The topological polar surface area (TPSA) is 3.24 Å². The highest BCUT2D eigenvalue weighted by Crippen LogP contribution is 2.05. The molecule has 0 bridgehead atoms. The van der Waals surface area contributed by atoms with E-state index in [0.717, 1.165) is 6.54 Å². The number of hydrogen-bond acceptors (Lipinski definition) is 1. The maximum absolute atomic E-state index is 2.34. The molecule has 15 heavy (non-hydrogen) atoms. The SMILES string of the molecule is CCN1C=CC=CB1c1ccc(C)cc1. The predicted octanol–water partition coefficient (Wildman–Crippen LogP) is 2.14. The Morgan fingerprint density at radius 3 is 2.53 bits per heavy atom. The first-order valence-corrected chi connectivity index (χ1v) is 5.48. The van der Waals surface area contributed by atoms with E-state index in [-0.39, 0.29) is 0 Å². The Hall–Kier alpha value is -1.44. The van der Waals surface area contributed by atoms with Crippen LogP contribution in [0.4, 0.5) is 0 Å². The average Bonchev–Trinajstić information content (AvgIpc) is 2.30. The molecule has 1 aliphatic heterocycles. The summed E-state index contributed by atoms with van der Waals surface area (Å²) in [6.07, 6.45) is 6.37. The van der Waals surface area contributed by atoms with Crippen LogP contribution < -0.4 is 5.46 Å². The van der Waals surface area contributed by atoms with Crippen molar-refractivity contribution in [2.24, 2.45) is 0 Å². The molecule has 0 aromatic heterocycles. The van der Waals surface area contributed by atoms with Gasteiger partial charge in [-0.15, -0.1) is 0 Å². The third-order valence-corrected chi connectivity index (χ3v) is 2.82. The van der Waals surface area contributed by atoms with Gasteiger partial charge in [0.25, 0.3) is 0 Å². The van der Waals surface area contributed by atoms with Crippen molar-refractivity contribution < 1.29 is 0 Å². The number of aryl methyl sites for hydroxylation is 1. The minimum absolute atomic E-state index is 0.403. The third kappa shape index (κ3) is 2.15. The summed E-state index contributed by atoms with van der Waals surface area (Å²) < 4.78 is 0. The fraction of sp³-hybridized carbons (Fsp3) is 0.231. The van der Waals surface area contributed by atoms with Crippen molar-refractivity contribution in [3.8, 4) is 0 Å². The van der Waals surface area contributed by atoms with Gasteiger partial charge in [-0.05, 0) is 26.1 Å². The molecule has 0 saturated carbocycles. The molecule has 1 nitrogen and oxygen atoms in total. The third-order valence-electron chi connectivity index (χ3n) is 2.82. The molecule has 0 fully saturated rings. The van der Waals surface area contributed by atoms with Crippen molar-refractivity contribution in [1.29, 1.82) is 0 Å². The second kappa shape index (κ2) is 4.39. The van der Waals surface area contributed by atoms with E-state index in [0.29, 0.717) is 6.85 Å². The fourth-order valence-corrected chi connectivity index (χ4v) is 1.90. The summed E-state index contributed by atoms with van der Waals surface area (Å²) in [6, 6.07) is 8.78. The van der Waals surface area contributed by atoms with Crippen LogP contribution in [0.2, 0.25) is 0 Å².